The van der Waals surface area contributed by atoms with Gasteiger partial charge in [-0.15, -0.1) is 0 Å². The highest BCUT2D eigenvalue weighted by Crippen LogP contribution is 2.27. The van der Waals surface area contributed by atoms with Gasteiger partial charge in [-0.2, -0.15) is 0 Å². The van der Waals surface area contributed by atoms with Crippen LogP contribution in [0.25, 0.3) is 6.08 Å². The monoisotopic (exact) mass is 494 g/mol. The van der Waals surface area contributed by atoms with Crippen LogP contribution in [0, 0.1) is 5.82 Å². The van der Waals surface area contributed by atoms with Crippen LogP contribution in [0.4, 0.5) is 14.9 Å². The topological polar surface area (TPSA) is 75.7 Å². The Morgan fingerprint density at radius 1 is 0.938 bits per heavy atom. The first-order chi connectivity index (χ1) is 15.4. The maximum absolute atomic E-state index is 13.9. The Labute approximate surface area is 191 Å². The van der Waals surface area contributed by atoms with Gasteiger partial charge in [-0.1, -0.05) is 52.3 Å². The molecule has 0 radical (unpaired) electrons. The second kappa shape index (κ2) is 9.15. The van der Waals surface area contributed by atoms with E-state index in [1.807, 2.05) is 0 Å². The summed E-state index contributed by atoms with van der Waals surface area (Å²) in [5.74, 6) is -1.60. The lowest BCUT2D eigenvalue weighted by molar-refractivity contribution is -0.122. The number of anilines is 1. The van der Waals surface area contributed by atoms with Crippen molar-refractivity contribution in [3.05, 3.63) is 99.8 Å². The maximum Gasteiger partial charge on any atom is 0.335 e. The van der Waals surface area contributed by atoms with Crippen molar-refractivity contribution >= 4 is 45.5 Å². The molecular weight excluding hydrogens is 479 g/mol. The molecule has 1 aliphatic rings. The van der Waals surface area contributed by atoms with E-state index in [0.717, 1.165) is 9.37 Å². The van der Waals surface area contributed by atoms with Crippen molar-refractivity contribution in [1.82, 2.24) is 5.32 Å². The summed E-state index contributed by atoms with van der Waals surface area (Å²) in [5.41, 5.74) is 0.897. The molecule has 1 fully saturated rings. The van der Waals surface area contributed by atoms with Crippen LogP contribution >= 0.6 is 15.9 Å². The van der Waals surface area contributed by atoms with Crippen molar-refractivity contribution < 1.29 is 23.5 Å². The second-order valence-electron chi connectivity index (χ2n) is 6.85. The van der Waals surface area contributed by atoms with E-state index in [9.17, 15) is 18.8 Å². The average molecular weight is 495 g/mol. The summed E-state index contributed by atoms with van der Waals surface area (Å²) in [6.07, 6.45) is 1.35. The Balaban J connectivity index is 1.64. The number of carbonyl (C=O) groups excluding carboxylic acids is 3. The molecule has 1 heterocycles. The zero-order chi connectivity index (χ0) is 22.7. The summed E-state index contributed by atoms with van der Waals surface area (Å²) in [6.45, 7) is -0.0312. The molecule has 3 aromatic rings. The first-order valence-electron chi connectivity index (χ1n) is 9.56. The smallest absolute Gasteiger partial charge is 0.335 e. The number of nitrogens with one attached hydrogen (secondary N) is 1. The lowest BCUT2D eigenvalue weighted by atomic mass is 10.1. The van der Waals surface area contributed by atoms with Crippen LogP contribution in [-0.2, 0) is 16.2 Å². The molecule has 0 unspecified atom stereocenters. The predicted octanol–water partition coefficient (Wildman–Crippen LogP) is 4.83. The minimum atomic E-state index is -0.830. The molecule has 0 bridgehead atoms. The van der Waals surface area contributed by atoms with Crippen LogP contribution in [0.1, 0.15) is 11.1 Å². The zero-order valence-electron chi connectivity index (χ0n) is 16.5. The minimum absolute atomic E-state index is 0.0312. The first-order valence-corrected chi connectivity index (χ1v) is 10.4. The maximum atomic E-state index is 13.9. The van der Waals surface area contributed by atoms with E-state index in [4.69, 9.17) is 4.74 Å². The van der Waals surface area contributed by atoms with Gasteiger partial charge < -0.3 is 4.74 Å². The van der Waals surface area contributed by atoms with Gasteiger partial charge in [0.25, 0.3) is 11.8 Å². The molecule has 8 heteroatoms. The Hall–Kier alpha value is -3.78. The molecule has 4 rings (SSSR count). The number of urea groups is 1. The molecule has 3 aromatic carbocycles. The molecule has 4 amide bonds. The third-order valence-corrected chi connectivity index (χ3v) is 5.28. The van der Waals surface area contributed by atoms with Gasteiger partial charge in [0.15, 0.2) is 0 Å². The number of amides is 4. The number of ether oxygens (including phenoxy) is 1. The number of carbonyl (C=O) groups is 3. The van der Waals surface area contributed by atoms with Crippen molar-refractivity contribution in [3.63, 3.8) is 0 Å². The van der Waals surface area contributed by atoms with Gasteiger partial charge in [0.2, 0.25) is 0 Å². The molecule has 0 aliphatic carbocycles. The standard InChI is InChI=1S/C24H16BrFN2O4/c25-17-9-11-18(12-10-17)28-23(30)19(22(29)27-24(28)31)13-15-5-2-4-8-21(15)32-14-16-6-1-3-7-20(16)26/h1-13H,14H2,(H,27,29,31)/b19-13+. The fourth-order valence-corrected chi connectivity index (χ4v) is 3.40. The van der Waals surface area contributed by atoms with Crippen molar-refractivity contribution in [2.45, 2.75) is 6.61 Å². The molecule has 0 atom stereocenters. The van der Waals surface area contributed by atoms with Crippen LogP contribution < -0.4 is 15.0 Å². The number of halogens is 2. The normalized spacial score (nSPS) is 15.1. The van der Waals surface area contributed by atoms with E-state index >= 15 is 0 Å². The molecule has 1 aliphatic heterocycles. The van der Waals surface area contributed by atoms with E-state index in [1.54, 1.807) is 66.7 Å². The van der Waals surface area contributed by atoms with Crippen LogP contribution in [0.3, 0.4) is 0 Å². The Kier molecular flexibility index (Phi) is 6.13. The second-order valence-corrected chi connectivity index (χ2v) is 7.77. The molecule has 1 N–H and O–H groups in total. The van der Waals surface area contributed by atoms with Crippen LogP contribution in [0.2, 0.25) is 0 Å². The molecule has 32 heavy (non-hydrogen) atoms. The number of hydrogen-bond donors (Lipinski definition) is 1. The van der Waals surface area contributed by atoms with Crippen LogP contribution in [0.5, 0.6) is 5.75 Å². The number of hydrogen-bond acceptors (Lipinski definition) is 4. The molecule has 6 nitrogen and oxygen atoms in total. The van der Waals surface area contributed by atoms with E-state index in [0.29, 0.717) is 22.6 Å². The molecule has 0 spiro atoms. The summed E-state index contributed by atoms with van der Waals surface area (Å²) >= 11 is 3.30. The molecule has 0 saturated carbocycles. The van der Waals surface area contributed by atoms with E-state index in [2.05, 4.69) is 21.2 Å². The molecular formula is C24H16BrFN2O4. The van der Waals surface area contributed by atoms with Crippen molar-refractivity contribution in [2.75, 3.05) is 4.90 Å². The summed E-state index contributed by atoms with van der Waals surface area (Å²) in [4.78, 5) is 38.7. The number of barbiturate groups is 1. The third kappa shape index (κ3) is 4.45. The quantitative estimate of drug-likeness (QED) is 0.407. The lowest BCUT2D eigenvalue weighted by Gasteiger charge is -2.26. The highest BCUT2D eigenvalue weighted by molar-refractivity contribution is 9.10. The number of benzene rings is 3. The summed E-state index contributed by atoms with van der Waals surface area (Å²) in [6, 6.07) is 18.7. The Morgan fingerprint density at radius 2 is 1.62 bits per heavy atom. The first kappa shape index (κ1) is 21.5. The van der Waals surface area contributed by atoms with E-state index in [1.165, 1.54) is 12.1 Å². The van der Waals surface area contributed by atoms with Crippen molar-refractivity contribution in [3.8, 4) is 5.75 Å². The van der Waals surface area contributed by atoms with Crippen LogP contribution in [0.15, 0.2) is 82.8 Å². The summed E-state index contributed by atoms with van der Waals surface area (Å²) in [5, 5.41) is 2.18. The Bertz CT molecular complexity index is 1240. The number of para-hydroxylation sites is 1. The van der Waals surface area contributed by atoms with E-state index in [-0.39, 0.29) is 12.2 Å². The molecule has 160 valence electrons. The fraction of sp³-hybridized carbons (Fsp3) is 0.0417. The van der Waals surface area contributed by atoms with Gasteiger partial charge in [-0.05, 0) is 42.5 Å². The van der Waals surface area contributed by atoms with E-state index < -0.39 is 23.7 Å². The lowest BCUT2D eigenvalue weighted by Crippen LogP contribution is -2.54. The molecule has 0 aromatic heterocycles. The van der Waals surface area contributed by atoms with Gasteiger partial charge in [-0.25, -0.2) is 14.1 Å². The average Bonchev–Trinajstić information content (AvgIpc) is 2.78. The number of rotatable bonds is 5. The third-order valence-electron chi connectivity index (χ3n) is 4.75. The van der Waals surface area contributed by atoms with Gasteiger partial charge in [-0.3, -0.25) is 14.9 Å². The SMILES string of the molecule is O=C1NC(=O)N(c2ccc(Br)cc2)C(=O)/C1=C/c1ccccc1OCc1ccccc1F. The van der Waals surface area contributed by atoms with Crippen LogP contribution in [-0.4, -0.2) is 17.8 Å². The van der Waals surface area contributed by atoms with Gasteiger partial charge in [0.1, 0.15) is 23.7 Å². The largest absolute Gasteiger partial charge is 0.488 e. The fourth-order valence-electron chi connectivity index (χ4n) is 3.14. The van der Waals surface area contributed by atoms with Crippen molar-refractivity contribution in [1.29, 1.82) is 0 Å². The van der Waals surface area contributed by atoms with Gasteiger partial charge in [0.05, 0.1) is 5.69 Å². The minimum Gasteiger partial charge on any atom is -0.488 e. The Morgan fingerprint density at radius 3 is 2.38 bits per heavy atom. The summed E-state index contributed by atoms with van der Waals surface area (Å²) in [7, 11) is 0. The van der Waals surface area contributed by atoms with Crippen molar-refractivity contribution in [2.24, 2.45) is 0 Å². The zero-order valence-corrected chi connectivity index (χ0v) is 18.1. The van der Waals surface area contributed by atoms with Gasteiger partial charge in [0, 0.05) is 15.6 Å². The molecule has 1 saturated heterocycles. The highest BCUT2D eigenvalue weighted by Gasteiger charge is 2.36. The summed E-state index contributed by atoms with van der Waals surface area (Å²) < 4.78 is 20.4. The van der Waals surface area contributed by atoms with Gasteiger partial charge >= 0.3 is 6.03 Å². The highest BCUT2D eigenvalue weighted by atomic mass is 79.9. The number of imide groups is 2. The number of nitrogens with zero attached hydrogens (tertiary/aromatic N) is 1. The predicted molar refractivity (Wildman–Crippen MR) is 120 cm³/mol.